The molecule has 0 saturated heterocycles. The highest BCUT2D eigenvalue weighted by Crippen LogP contribution is 2.41. The number of nitrogens with two attached hydrogens (primary N) is 1. The van der Waals surface area contributed by atoms with Gasteiger partial charge in [-0.2, -0.15) is 13.2 Å². The van der Waals surface area contributed by atoms with Gasteiger partial charge in [0.25, 0.3) is 0 Å². The lowest BCUT2D eigenvalue weighted by Gasteiger charge is -2.30. The SMILES string of the molecule is NCC(C(=O)O)(c1ccccc1F)C(F)(F)F. The Bertz CT molecular complexity index is 433. The summed E-state index contributed by atoms with van der Waals surface area (Å²) in [7, 11) is 0. The molecule has 1 atom stereocenters. The van der Waals surface area contributed by atoms with Crippen LogP contribution in [0.3, 0.4) is 0 Å². The summed E-state index contributed by atoms with van der Waals surface area (Å²) in [5.41, 5.74) is 0.526. The molecule has 0 aliphatic rings. The molecule has 17 heavy (non-hydrogen) atoms. The Morgan fingerprint density at radius 1 is 1.29 bits per heavy atom. The molecule has 1 aromatic rings. The minimum absolute atomic E-state index is 0.758. The molecule has 1 aromatic carbocycles. The first-order valence-corrected chi connectivity index (χ1v) is 4.52. The molecule has 0 heterocycles. The monoisotopic (exact) mass is 251 g/mol. The fourth-order valence-corrected chi connectivity index (χ4v) is 1.51. The Balaban J connectivity index is 3.55. The van der Waals surface area contributed by atoms with Gasteiger partial charge in [-0.3, -0.25) is 4.79 Å². The molecule has 0 spiro atoms. The molecule has 7 heteroatoms. The van der Waals surface area contributed by atoms with Crippen molar-refractivity contribution in [2.75, 3.05) is 6.54 Å². The van der Waals surface area contributed by atoms with E-state index in [1.165, 1.54) is 6.07 Å². The molecule has 0 aliphatic heterocycles. The topological polar surface area (TPSA) is 63.3 Å². The highest BCUT2D eigenvalue weighted by molar-refractivity contribution is 5.83. The van der Waals surface area contributed by atoms with Crippen molar-refractivity contribution in [2.24, 2.45) is 5.73 Å². The zero-order chi connectivity index (χ0) is 13.3. The Hall–Kier alpha value is -1.63. The van der Waals surface area contributed by atoms with Crippen LogP contribution in [0, 0.1) is 5.82 Å². The van der Waals surface area contributed by atoms with Crippen molar-refractivity contribution < 1.29 is 27.5 Å². The summed E-state index contributed by atoms with van der Waals surface area (Å²) in [6.07, 6.45) is -5.18. The van der Waals surface area contributed by atoms with Gasteiger partial charge in [0.2, 0.25) is 5.41 Å². The average Bonchev–Trinajstić information content (AvgIpc) is 2.19. The van der Waals surface area contributed by atoms with E-state index in [1.54, 1.807) is 0 Å². The molecular weight excluding hydrogens is 242 g/mol. The molecule has 1 unspecified atom stereocenters. The van der Waals surface area contributed by atoms with Gasteiger partial charge < -0.3 is 10.8 Å². The lowest BCUT2D eigenvalue weighted by atomic mass is 9.79. The van der Waals surface area contributed by atoms with Crippen LogP contribution in [-0.4, -0.2) is 23.8 Å². The van der Waals surface area contributed by atoms with E-state index >= 15 is 0 Å². The summed E-state index contributed by atoms with van der Waals surface area (Å²) in [6.45, 7) is -1.27. The molecule has 0 aliphatic carbocycles. The van der Waals surface area contributed by atoms with Gasteiger partial charge in [0.15, 0.2) is 0 Å². The molecule has 1 rings (SSSR count). The minimum atomic E-state index is -5.18. The van der Waals surface area contributed by atoms with E-state index in [4.69, 9.17) is 10.8 Å². The van der Waals surface area contributed by atoms with Crippen LogP contribution >= 0.6 is 0 Å². The first-order valence-electron chi connectivity index (χ1n) is 4.52. The highest BCUT2D eigenvalue weighted by atomic mass is 19.4. The summed E-state index contributed by atoms with van der Waals surface area (Å²) in [5.74, 6) is -3.48. The van der Waals surface area contributed by atoms with E-state index in [0.29, 0.717) is 0 Å². The number of rotatable bonds is 3. The van der Waals surface area contributed by atoms with E-state index in [1.807, 2.05) is 0 Å². The number of hydrogen-bond donors (Lipinski definition) is 2. The third-order valence-electron chi connectivity index (χ3n) is 2.49. The van der Waals surface area contributed by atoms with E-state index in [2.05, 4.69) is 0 Å². The summed E-state index contributed by atoms with van der Waals surface area (Å²) in [5, 5.41) is 8.77. The van der Waals surface area contributed by atoms with Crippen LogP contribution in [0.4, 0.5) is 17.6 Å². The first-order chi connectivity index (χ1) is 7.77. The van der Waals surface area contributed by atoms with E-state index in [-0.39, 0.29) is 0 Å². The van der Waals surface area contributed by atoms with Crippen LogP contribution in [0.5, 0.6) is 0 Å². The molecule has 3 nitrogen and oxygen atoms in total. The van der Waals surface area contributed by atoms with Crippen LogP contribution in [0.15, 0.2) is 24.3 Å². The fourth-order valence-electron chi connectivity index (χ4n) is 1.51. The zero-order valence-corrected chi connectivity index (χ0v) is 8.46. The van der Waals surface area contributed by atoms with Gasteiger partial charge in [-0.1, -0.05) is 18.2 Å². The van der Waals surface area contributed by atoms with Crippen LogP contribution in [-0.2, 0) is 10.2 Å². The molecule has 0 amide bonds. The highest BCUT2D eigenvalue weighted by Gasteiger charge is 2.62. The lowest BCUT2D eigenvalue weighted by molar-refractivity contribution is -0.204. The summed E-state index contributed by atoms with van der Waals surface area (Å²) in [4.78, 5) is 10.9. The van der Waals surface area contributed by atoms with Gasteiger partial charge in [0.05, 0.1) is 0 Å². The molecule has 0 fully saturated rings. The van der Waals surface area contributed by atoms with E-state index < -0.39 is 35.5 Å². The number of halogens is 4. The van der Waals surface area contributed by atoms with E-state index in [9.17, 15) is 22.4 Å². The number of aliphatic carboxylic acids is 1. The maximum atomic E-state index is 13.3. The minimum Gasteiger partial charge on any atom is -0.480 e. The fraction of sp³-hybridized carbons (Fsp3) is 0.300. The Morgan fingerprint density at radius 3 is 2.18 bits per heavy atom. The maximum Gasteiger partial charge on any atom is 0.410 e. The summed E-state index contributed by atoms with van der Waals surface area (Å²) in [6, 6.07) is 3.81. The van der Waals surface area contributed by atoms with Crippen molar-refractivity contribution in [3.63, 3.8) is 0 Å². The standard InChI is InChI=1S/C10H9F4NO2/c11-7-4-2-1-3-6(7)9(5-15,8(16)17)10(12,13)14/h1-4H,5,15H2,(H,16,17). The van der Waals surface area contributed by atoms with Crippen molar-refractivity contribution in [1.29, 1.82) is 0 Å². The predicted molar refractivity (Wildman–Crippen MR) is 50.8 cm³/mol. The number of carboxylic acid groups (broad SMARTS) is 1. The Labute approximate surface area is 93.8 Å². The Kier molecular flexibility index (Phi) is 3.42. The Morgan fingerprint density at radius 2 is 1.82 bits per heavy atom. The second kappa shape index (κ2) is 4.33. The van der Waals surface area contributed by atoms with Gasteiger partial charge in [-0.05, 0) is 6.07 Å². The van der Waals surface area contributed by atoms with Crippen molar-refractivity contribution in [2.45, 2.75) is 11.6 Å². The van der Waals surface area contributed by atoms with Crippen LogP contribution in [0.1, 0.15) is 5.56 Å². The maximum absolute atomic E-state index is 13.3. The van der Waals surface area contributed by atoms with Gasteiger partial charge >= 0.3 is 12.1 Å². The summed E-state index contributed by atoms with van der Waals surface area (Å²) >= 11 is 0. The molecule has 0 saturated carbocycles. The van der Waals surface area contributed by atoms with E-state index in [0.717, 1.165) is 18.2 Å². The zero-order valence-electron chi connectivity index (χ0n) is 8.46. The number of alkyl halides is 3. The van der Waals surface area contributed by atoms with Crippen LogP contribution in [0.2, 0.25) is 0 Å². The molecule has 94 valence electrons. The number of carbonyl (C=O) groups is 1. The number of benzene rings is 1. The average molecular weight is 251 g/mol. The molecule has 0 aromatic heterocycles. The lowest BCUT2D eigenvalue weighted by Crippen LogP contribution is -2.54. The van der Waals surface area contributed by atoms with Gasteiger partial charge in [-0.25, -0.2) is 4.39 Å². The molecule has 0 radical (unpaired) electrons. The third kappa shape index (κ3) is 1.97. The molecular formula is C10H9F4NO2. The van der Waals surface area contributed by atoms with Crippen molar-refractivity contribution in [3.05, 3.63) is 35.6 Å². The largest absolute Gasteiger partial charge is 0.480 e. The number of hydrogen-bond acceptors (Lipinski definition) is 2. The molecule has 0 bridgehead atoms. The quantitative estimate of drug-likeness (QED) is 0.803. The van der Waals surface area contributed by atoms with Crippen LogP contribution < -0.4 is 5.73 Å². The normalized spacial score (nSPS) is 15.4. The molecule has 3 N–H and O–H groups in total. The summed E-state index contributed by atoms with van der Waals surface area (Å²) < 4.78 is 51.9. The predicted octanol–water partition coefficient (Wildman–Crippen LogP) is 1.67. The van der Waals surface area contributed by atoms with Crippen molar-refractivity contribution in [3.8, 4) is 0 Å². The first kappa shape index (κ1) is 13.4. The van der Waals surface area contributed by atoms with Gasteiger partial charge in [0.1, 0.15) is 5.82 Å². The number of carboxylic acids is 1. The van der Waals surface area contributed by atoms with Crippen molar-refractivity contribution >= 4 is 5.97 Å². The van der Waals surface area contributed by atoms with Gasteiger partial charge in [0, 0.05) is 12.1 Å². The smallest absolute Gasteiger partial charge is 0.410 e. The van der Waals surface area contributed by atoms with Crippen LogP contribution in [0.25, 0.3) is 0 Å². The second-order valence-electron chi connectivity index (χ2n) is 3.39. The second-order valence-corrected chi connectivity index (χ2v) is 3.39. The van der Waals surface area contributed by atoms with Crippen molar-refractivity contribution in [1.82, 2.24) is 0 Å². The third-order valence-corrected chi connectivity index (χ3v) is 2.49. The van der Waals surface area contributed by atoms with Gasteiger partial charge in [-0.15, -0.1) is 0 Å².